The SMILES string of the molecule is COC(=O)C(C)(C)Cc1c(C(=O)CC(C)(C)C)c2cc(OC(=O)CC(C)(C)C)ccc2n1Cc1ccc(Cl)cc1. The van der Waals surface area contributed by atoms with Crippen molar-refractivity contribution in [3.8, 4) is 5.75 Å². The number of halogens is 1. The summed E-state index contributed by atoms with van der Waals surface area (Å²) < 4.78 is 12.9. The van der Waals surface area contributed by atoms with Crippen molar-refractivity contribution in [2.24, 2.45) is 16.2 Å². The van der Waals surface area contributed by atoms with Gasteiger partial charge in [-0.1, -0.05) is 65.3 Å². The summed E-state index contributed by atoms with van der Waals surface area (Å²) in [6.07, 6.45) is 0.857. The second-order valence-electron chi connectivity index (χ2n) is 13.6. The molecule has 1 heterocycles. The first-order valence-electron chi connectivity index (χ1n) is 13.6. The molecule has 0 aliphatic carbocycles. The average molecular weight is 568 g/mol. The lowest BCUT2D eigenvalue weighted by Gasteiger charge is -2.24. The molecule has 0 aliphatic heterocycles. The number of Topliss-reactive ketones (excluding diaryl/α,β-unsaturated/α-hetero) is 1. The summed E-state index contributed by atoms with van der Waals surface area (Å²) in [5, 5.41) is 1.33. The van der Waals surface area contributed by atoms with Gasteiger partial charge in [0.15, 0.2) is 5.78 Å². The van der Waals surface area contributed by atoms with E-state index in [1.165, 1.54) is 7.11 Å². The van der Waals surface area contributed by atoms with Crippen molar-refractivity contribution in [3.63, 3.8) is 0 Å². The van der Waals surface area contributed by atoms with Crippen LogP contribution in [0.3, 0.4) is 0 Å². The standard InChI is InChI=1S/C33H42ClNO5/c1-31(2,3)18-27(36)29-24-16-23(40-28(37)19-32(4,5)6)14-15-25(24)35(20-21-10-12-22(34)13-11-21)26(29)17-33(7,8)30(38)39-9/h10-16H,17-20H2,1-9H3. The summed E-state index contributed by atoms with van der Waals surface area (Å²) in [6.45, 7) is 16.1. The molecule has 2 aromatic carbocycles. The van der Waals surface area contributed by atoms with Crippen molar-refractivity contribution in [2.75, 3.05) is 7.11 Å². The zero-order valence-corrected chi connectivity index (χ0v) is 26.0. The Balaban J connectivity index is 2.27. The van der Waals surface area contributed by atoms with Gasteiger partial charge in [0.1, 0.15) is 5.75 Å². The van der Waals surface area contributed by atoms with Gasteiger partial charge >= 0.3 is 11.9 Å². The molecule has 0 atom stereocenters. The van der Waals surface area contributed by atoms with Gasteiger partial charge in [0.2, 0.25) is 0 Å². The first kappa shape index (κ1) is 31.4. The lowest BCUT2D eigenvalue weighted by atomic mass is 9.83. The van der Waals surface area contributed by atoms with Crippen molar-refractivity contribution in [2.45, 2.75) is 81.2 Å². The molecule has 0 saturated heterocycles. The van der Waals surface area contributed by atoms with Crippen LogP contribution < -0.4 is 4.74 Å². The zero-order chi connectivity index (χ0) is 30.0. The number of aromatic nitrogens is 1. The van der Waals surface area contributed by atoms with E-state index in [0.29, 0.717) is 34.7 Å². The number of nitrogens with zero attached hydrogens (tertiary/aromatic N) is 1. The molecular weight excluding hydrogens is 526 g/mol. The molecule has 40 heavy (non-hydrogen) atoms. The Morgan fingerprint density at radius 1 is 0.850 bits per heavy atom. The minimum Gasteiger partial charge on any atom is -0.469 e. The lowest BCUT2D eigenvalue weighted by Crippen LogP contribution is -2.30. The molecule has 0 fully saturated rings. The van der Waals surface area contributed by atoms with E-state index in [4.69, 9.17) is 21.1 Å². The number of ketones is 1. The van der Waals surface area contributed by atoms with Crippen LogP contribution in [0.2, 0.25) is 5.02 Å². The fourth-order valence-corrected chi connectivity index (χ4v) is 4.96. The Morgan fingerprint density at radius 2 is 1.45 bits per heavy atom. The van der Waals surface area contributed by atoms with Gasteiger partial charge in [0, 0.05) is 46.6 Å². The Kier molecular flexibility index (Phi) is 9.25. The number of rotatable bonds is 9. The molecule has 0 spiro atoms. The Labute approximate surface area is 243 Å². The highest BCUT2D eigenvalue weighted by Crippen LogP contribution is 2.37. The fraction of sp³-hybridized carbons (Fsp3) is 0.485. The minimum atomic E-state index is -0.889. The summed E-state index contributed by atoms with van der Waals surface area (Å²) in [4.78, 5) is 39.4. The van der Waals surface area contributed by atoms with Crippen LogP contribution in [0.1, 0.15) is 89.8 Å². The maximum Gasteiger partial charge on any atom is 0.311 e. The number of carbonyl (C=O) groups excluding carboxylic acids is 3. The number of ether oxygens (including phenoxy) is 2. The first-order valence-corrected chi connectivity index (χ1v) is 14.0. The quantitative estimate of drug-likeness (QED) is 0.148. The van der Waals surface area contributed by atoms with Gasteiger partial charge in [-0.2, -0.15) is 0 Å². The number of hydrogen-bond donors (Lipinski definition) is 0. The van der Waals surface area contributed by atoms with Crippen LogP contribution in [0.15, 0.2) is 42.5 Å². The highest BCUT2D eigenvalue weighted by atomic mass is 35.5. The predicted molar refractivity (Wildman–Crippen MR) is 160 cm³/mol. The normalized spacial score (nSPS) is 12.4. The molecule has 3 aromatic rings. The van der Waals surface area contributed by atoms with Crippen LogP contribution in [0.5, 0.6) is 5.75 Å². The summed E-state index contributed by atoms with van der Waals surface area (Å²) in [7, 11) is 1.37. The van der Waals surface area contributed by atoms with Crippen LogP contribution in [0.4, 0.5) is 0 Å². The monoisotopic (exact) mass is 567 g/mol. The van der Waals surface area contributed by atoms with Crippen LogP contribution >= 0.6 is 11.6 Å². The number of fused-ring (bicyclic) bond motifs is 1. The number of benzene rings is 2. The summed E-state index contributed by atoms with van der Waals surface area (Å²) >= 11 is 6.14. The molecule has 0 aliphatic rings. The van der Waals surface area contributed by atoms with Crippen molar-refractivity contribution in [1.29, 1.82) is 0 Å². The lowest BCUT2D eigenvalue weighted by molar-refractivity contribution is -0.150. The van der Waals surface area contributed by atoms with E-state index < -0.39 is 5.41 Å². The Morgan fingerprint density at radius 3 is 2.00 bits per heavy atom. The zero-order valence-electron chi connectivity index (χ0n) is 25.2. The van der Waals surface area contributed by atoms with E-state index in [9.17, 15) is 14.4 Å². The third-order valence-electron chi connectivity index (χ3n) is 6.62. The average Bonchev–Trinajstić information content (AvgIpc) is 3.09. The van der Waals surface area contributed by atoms with Gasteiger partial charge in [-0.25, -0.2) is 0 Å². The molecule has 0 radical (unpaired) electrons. The van der Waals surface area contributed by atoms with E-state index in [-0.39, 0.29) is 41.4 Å². The maximum atomic E-state index is 14.0. The van der Waals surface area contributed by atoms with E-state index >= 15 is 0 Å². The molecule has 216 valence electrons. The molecular formula is C33H42ClNO5. The van der Waals surface area contributed by atoms with E-state index in [1.807, 2.05) is 85.7 Å². The van der Waals surface area contributed by atoms with E-state index in [1.54, 1.807) is 12.1 Å². The minimum absolute atomic E-state index is 0.0267. The third kappa shape index (κ3) is 7.97. The number of carbonyl (C=O) groups is 3. The number of hydrogen-bond acceptors (Lipinski definition) is 5. The Bertz CT molecular complexity index is 1400. The Hall–Kier alpha value is -3.12. The van der Waals surface area contributed by atoms with E-state index in [2.05, 4.69) is 4.57 Å². The molecule has 6 nitrogen and oxygen atoms in total. The fourth-order valence-electron chi connectivity index (χ4n) is 4.84. The van der Waals surface area contributed by atoms with Gasteiger partial charge in [-0.3, -0.25) is 14.4 Å². The van der Waals surface area contributed by atoms with Crippen molar-refractivity contribution >= 4 is 40.2 Å². The first-order chi connectivity index (χ1) is 18.4. The predicted octanol–water partition coefficient (Wildman–Crippen LogP) is 8.05. The molecule has 0 amide bonds. The third-order valence-corrected chi connectivity index (χ3v) is 6.87. The molecule has 0 bridgehead atoms. The largest absolute Gasteiger partial charge is 0.469 e. The van der Waals surface area contributed by atoms with Crippen LogP contribution in [-0.2, 0) is 27.3 Å². The summed E-state index contributed by atoms with van der Waals surface area (Å²) in [5.41, 5.74) is 1.74. The summed E-state index contributed by atoms with van der Waals surface area (Å²) in [5.74, 6) is -0.334. The highest BCUT2D eigenvalue weighted by Gasteiger charge is 2.35. The molecule has 1 aromatic heterocycles. The molecule has 7 heteroatoms. The van der Waals surface area contributed by atoms with Crippen molar-refractivity contribution in [1.82, 2.24) is 4.57 Å². The maximum absolute atomic E-state index is 14.0. The second-order valence-corrected chi connectivity index (χ2v) is 14.1. The number of methoxy groups -OCH3 is 1. The van der Waals surface area contributed by atoms with Crippen LogP contribution in [0, 0.1) is 16.2 Å². The van der Waals surface area contributed by atoms with Crippen LogP contribution in [-0.4, -0.2) is 29.4 Å². The number of esters is 2. The van der Waals surface area contributed by atoms with Crippen LogP contribution in [0.25, 0.3) is 10.9 Å². The van der Waals surface area contributed by atoms with Crippen molar-refractivity contribution in [3.05, 3.63) is 64.3 Å². The van der Waals surface area contributed by atoms with Gasteiger partial charge in [-0.15, -0.1) is 0 Å². The highest BCUT2D eigenvalue weighted by molar-refractivity contribution is 6.30. The van der Waals surface area contributed by atoms with Gasteiger partial charge in [-0.05, 0) is 60.6 Å². The van der Waals surface area contributed by atoms with E-state index in [0.717, 1.165) is 16.8 Å². The molecule has 0 saturated carbocycles. The van der Waals surface area contributed by atoms with Gasteiger partial charge in [0.05, 0.1) is 18.9 Å². The topological polar surface area (TPSA) is 74.6 Å². The second kappa shape index (κ2) is 11.8. The molecule has 0 N–H and O–H groups in total. The van der Waals surface area contributed by atoms with Gasteiger partial charge < -0.3 is 14.0 Å². The van der Waals surface area contributed by atoms with Gasteiger partial charge in [0.25, 0.3) is 0 Å². The molecule has 3 rings (SSSR count). The smallest absolute Gasteiger partial charge is 0.311 e. The summed E-state index contributed by atoms with van der Waals surface area (Å²) in [6, 6.07) is 13.0. The molecule has 0 unspecified atom stereocenters. The van der Waals surface area contributed by atoms with Crippen molar-refractivity contribution < 1.29 is 23.9 Å².